The van der Waals surface area contributed by atoms with Gasteiger partial charge in [-0.15, -0.1) is 0 Å². The average molecular weight is 197 g/mol. The van der Waals surface area contributed by atoms with Crippen LogP contribution < -0.4 is 5.32 Å². The van der Waals surface area contributed by atoms with Gasteiger partial charge in [0.2, 0.25) is 0 Å². The fourth-order valence-electron chi connectivity index (χ4n) is 1.37. The number of halogens is 1. The summed E-state index contributed by atoms with van der Waals surface area (Å²) in [6, 6.07) is 6.52. The molecule has 14 heavy (non-hydrogen) atoms. The highest BCUT2D eigenvalue weighted by Crippen LogP contribution is 2.17. The maximum atomic E-state index is 12.9. The number of benzene rings is 1. The Morgan fingerprint density at radius 1 is 1.50 bits per heavy atom. The Labute approximate surface area is 84.1 Å². The van der Waals surface area contributed by atoms with Crippen molar-refractivity contribution in [3.8, 4) is 0 Å². The Bertz CT molecular complexity index is 272. The number of hydrogen-bond donors (Lipinski definition) is 1. The first-order valence-electron chi connectivity index (χ1n) is 4.79. The molecule has 0 aliphatic heterocycles. The summed E-state index contributed by atoms with van der Waals surface area (Å²) in [4.78, 5) is 0. The summed E-state index contributed by atoms with van der Waals surface area (Å²) in [7, 11) is 1.85. The molecule has 0 spiro atoms. The molecule has 0 fully saturated rings. The largest absolute Gasteiger partial charge is 0.372 e. The Hall–Kier alpha value is -0.930. The van der Waals surface area contributed by atoms with Crippen LogP contribution in [0.1, 0.15) is 18.6 Å². The summed E-state index contributed by atoms with van der Waals surface area (Å²) in [5.74, 6) is -0.219. The number of likely N-dealkylation sites (N-methyl/N-ethyl adjacent to an activating group) is 1. The minimum absolute atomic E-state index is 0.0688. The number of nitrogens with one attached hydrogen (secondary N) is 1. The standard InChI is InChI=1S/C11H16FNO/c1-3-14-11(8-13-2)9-5-4-6-10(12)7-9/h4-7,11,13H,3,8H2,1-2H3/t11-/m0/s1. The fourth-order valence-corrected chi connectivity index (χ4v) is 1.37. The minimum atomic E-state index is -0.219. The first kappa shape index (κ1) is 11.1. The lowest BCUT2D eigenvalue weighted by Crippen LogP contribution is -2.19. The van der Waals surface area contributed by atoms with E-state index in [9.17, 15) is 4.39 Å². The van der Waals surface area contributed by atoms with Gasteiger partial charge in [0, 0.05) is 13.2 Å². The number of rotatable bonds is 5. The summed E-state index contributed by atoms with van der Waals surface area (Å²) in [5, 5.41) is 3.02. The Morgan fingerprint density at radius 2 is 2.29 bits per heavy atom. The van der Waals surface area contributed by atoms with E-state index >= 15 is 0 Å². The van der Waals surface area contributed by atoms with Gasteiger partial charge in [-0.2, -0.15) is 0 Å². The molecule has 0 saturated heterocycles. The van der Waals surface area contributed by atoms with Gasteiger partial charge in [0.15, 0.2) is 0 Å². The van der Waals surface area contributed by atoms with E-state index in [1.807, 2.05) is 20.0 Å². The van der Waals surface area contributed by atoms with Crippen LogP contribution in [0, 0.1) is 5.82 Å². The van der Waals surface area contributed by atoms with Crippen LogP contribution in [0.2, 0.25) is 0 Å². The van der Waals surface area contributed by atoms with Crippen LogP contribution in [-0.4, -0.2) is 20.2 Å². The lowest BCUT2D eigenvalue weighted by atomic mass is 10.1. The molecule has 0 unspecified atom stereocenters. The van der Waals surface area contributed by atoms with Crippen LogP contribution in [0.5, 0.6) is 0 Å². The Balaban J connectivity index is 2.75. The third-order valence-corrected chi connectivity index (χ3v) is 1.98. The minimum Gasteiger partial charge on any atom is -0.372 e. The quantitative estimate of drug-likeness (QED) is 0.780. The molecule has 1 rings (SSSR count). The van der Waals surface area contributed by atoms with E-state index in [1.54, 1.807) is 6.07 Å². The van der Waals surface area contributed by atoms with E-state index in [2.05, 4.69) is 5.32 Å². The third kappa shape index (κ3) is 3.09. The van der Waals surface area contributed by atoms with Crippen LogP contribution in [0.3, 0.4) is 0 Å². The normalized spacial score (nSPS) is 12.8. The predicted octanol–water partition coefficient (Wildman–Crippen LogP) is 2.12. The van der Waals surface area contributed by atoms with Crippen molar-refractivity contribution in [3.05, 3.63) is 35.6 Å². The summed E-state index contributed by atoms with van der Waals surface area (Å²) in [6.07, 6.45) is -0.0688. The molecule has 1 aromatic carbocycles. The van der Waals surface area contributed by atoms with E-state index < -0.39 is 0 Å². The predicted molar refractivity (Wildman–Crippen MR) is 54.7 cm³/mol. The second-order valence-electron chi connectivity index (χ2n) is 3.06. The molecule has 0 aliphatic rings. The van der Waals surface area contributed by atoms with E-state index in [0.29, 0.717) is 13.2 Å². The molecule has 0 saturated carbocycles. The summed E-state index contributed by atoms with van der Waals surface area (Å²) in [6.45, 7) is 3.25. The summed E-state index contributed by atoms with van der Waals surface area (Å²) >= 11 is 0. The third-order valence-electron chi connectivity index (χ3n) is 1.98. The zero-order valence-electron chi connectivity index (χ0n) is 8.59. The smallest absolute Gasteiger partial charge is 0.123 e. The molecule has 0 aromatic heterocycles. The first-order chi connectivity index (χ1) is 6.77. The molecule has 0 aliphatic carbocycles. The molecule has 78 valence electrons. The Kier molecular flexibility index (Phi) is 4.56. The molecule has 2 nitrogen and oxygen atoms in total. The molecule has 1 aromatic rings. The van der Waals surface area contributed by atoms with Crippen molar-refractivity contribution in [2.24, 2.45) is 0 Å². The maximum absolute atomic E-state index is 12.9. The van der Waals surface area contributed by atoms with Crippen molar-refractivity contribution in [2.45, 2.75) is 13.0 Å². The molecule has 3 heteroatoms. The molecular formula is C11H16FNO. The average Bonchev–Trinajstić information content (AvgIpc) is 2.17. The molecule has 0 radical (unpaired) electrons. The molecular weight excluding hydrogens is 181 g/mol. The SMILES string of the molecule is CCO[C@@H](CNC)c1cccc(F)c1. The van der Waals surface area contributed by atoms with Crippen molar-refractivity contribution in [1.29, 1.82) is 0 Å². The molecule has 0 heterocycles. The molecule has 1 atom stereocenters. The second-order valence-corrected chi connectivity index (χ2v) is 3.06. The number of hydrogen-bond acceptors (Lipinski definition) is 2. The van der Waals surface area contributed by atoms with Gasteiger partial charge in [0.25, 0.3) is 0 Å². The second kappa shape index (κ2) is 5.73. The van der Waals surface area contributed by atoms with Gasteiger partial charge in [-0.3, -0.25) is 0 Å². The molecule has 1 N–H and O–H groups in total. The van der Waals surface area contributed by atoms with E-state index in [1.165, 1.54) is 12.1 Å². The Morgan fingerprint density at radius 3 is 2.86 bits per heavy atom. The van der Waals surface area contributed by atoms with Gasteiger partial charge in [-0.1, -0.05) is 12.1 Å². The fraction of sp³-hybridized carbons (Fsp3) is 0.455. The van der Waals surface area contributed by atoms with E-state index in [-0.39, 0.29) is 11.9 Å². The van der Waals surface area contributed by atoms with E-state index in [0.717, 1.165) is 5.56 Å². The van der Waals surface area contributed by atoms with Crippen LogP contribution in [-0.2, 0) is 4.74 Å². The molecule has 0 amide bonds. The van der Waals surface area contributed by atoms with E-state index in [4.69, 9.17) is 4.74 Å². The lowest BCUT2D eigenvalue weighted by Gasteiger charge is -2.16. The van der Waals surface area contributed by atoms with Gasteiger partial charge in [0.05, 0.1) is 6.10 Å². The monoisotopic (exact) mass is 197 g/mol. The van der Waals surface area contributed by atoms with Crippen molar-refractivity contribution < 1.29 is 9.13 Å². The van der Waals surface area contributed by atoms with Crippen LogP contribution in [0.15, 0.2) is 24.3 Å². The zero-order chi connectivity index (χ0) is 10.4. The van der Waals surface area contributed by atoms with Gasteiger partial charge >= 0.3 is 0 Å². The van der Waals surface area contributed by atoms with Gasteiger partial charge < -0.3 is 10.1 Å². The highest BCUT2D eigenvalue weighted by molar-refractivity contribution is 5.19. The summed E-state index contributed by atoms with van der Waals surface area (Å²) in [5.41, 5.74) is 0.876. The topological polar surface area (TPSA) is 21.3 Å². The first-order valence-corrected chi connectivity index (χ1v) is 4.79. The summed E-state index contributed by atoms with van der Waals surface area (Å²) < 4.78 is 18.4. The lowest BCUT2D eigenvalue weighted by molar-refractivity contribution is 0.0636. The maximum Gasteiger partial charge on any atom is 0.123 e. The van der Waals surface area contributed by atoms with Gasteiger partial charge in [-0.05, 0) is 31.7 Å². The van der Waals surface area contributed by atoms with Crippen LogP contribution in [0.4, 0.5) is 4.39 Å². The van der Waals surface area contributed by atoms with Crippen LogP contribution in [0.25, 0.3) is 0 Å². The van der Waals surface area contributed by atoms with Crippen molar-refractivity contribution in [1.82, 2.24) is 5.32 Å². The van der Waals surface area contributed by atoms with Gasteiger partial charge in [-0.25, -0.2) is 4.39 Å². The van der Waals surface area contributed by atoms with Crippen molar-refractivity contribution >= 4 is 0 Å². The zero-order valence-corrected chi connectivity index (χ0v) is 8.59. The van der Waals surface area contributed by atoms with Crippen molar-refractivity contribution in [2.75, 3.05) is 20.2 Å². The highest BCUT2D eigenvalue weighted by atomic mass is 19.1. The molecule has 0 bridgehead atoms. The highest BCUT2D eigenvalue weighted by Gasteiger charge is 2.10. The van der Waals surface area contributed by atoms with Crippen LogP contribution >= 0.6 is 0 Å². The number of ether oxygens (including phenoxy) is 1. The van der Waals surface area contributed by atoms with Crippen molar-refractivity contribution in [3.63, 3.8) is 0 Å². The van der Waals surface area contributed by atoms with Gasteiger partial charge in [0.1, 0.15) is 5.82 Å².